The summed E-state index contributed by atoms with van der Waals surface area (Å²) in [5.41, 5.74) is 2.65. The van der Waals surface area contributed by atoms with Crippen LogP contribution in [0.1, 0.15) is 45.4 Å². The van der Waals surface area contributed by atoms with Crippen molar-refractivity contribution in [3.63, 3.8) is 0 Å². The van der Waals surface area contributed by atoms with Gasteiger partial charge in [0.2, 0.25) is 0 Å². The molecule has 0 saturated heterocycles. The Hall–Kier alpha value is -0.610. The van der Waals surface area contributed by atoms with E-state index in [1.54, 1.807) is 7.11 Å². The molecule has 0 aromatic heterocycles. The lowest BCUT2D eigenvalue weighted by Gasteiger charge is -2.16. The predicted molar refractivity (Wildman–Crippen MR) is 62.7 cm³/mol. The molecule has 1 aliphatic carbocycles. The first kappa shape index (κ1) is 12.5. The summed E-state index contributed by atoms with van der Waals surface area (Å²) in [7, 11) is 1.67. The Morgan fingerprint density at radius 1 is 1.33 bits per heavy atom. The van der Waals surface area contributed by atoms with Gasteiger partial charge in [-0.2, -0.15) is 0 Å². The molecule has 0 aromatic carbocycles. The van der Waals surface area contributed by atoms with Crippen LogP contribution in [0, 0.1) is 0 Å². The zero-order valence-corrected chi connectivity index (χ0v) is 9.83. The van der Waals surface area contributed by atoms with E-state index in [1.807, 2.05) is 6.92 Å². The summed E-state index contributed by atoms with van der Waals surface area (Å²) >= 11 is 0. The highest BCUT2D eigenvalue weighted by Gasteiger charge is 2.14. The number of aliphatic imine (C=N–C) groups is 1. The molecule has 0 amide bonds. The van der Waals surface area contributed by atoms with E-state index in [0.29, 0.717) is 6.04 Å². The van der Waals surface area contributed by atoms with Gasteiger partial charge in [-0.05, 0) is 19.8 Å². The van der Waals surface area contributed by atoms with Crippen LogP contribution in [0.4, 0.5) is 0 Å². The van der Waals surface area contributed by atoms with Gasteiger partial charge in [-0.15, -0.1) is 0 Å². The number of methoxy groups -OCH3 is 1. The second-order valence-electron chi connectivity index (χ2n) is 4.18. The molecule has 15 heavy (non-hydrogen) atoms. The minimum Gasteiger partial charge on any atom is -0.374 e. The van der Waals surface area contributed by atoms with Crippen molar-refractivity contribution in [3.8, 4) is 0 Å². The van der Waals surface area contributed by atoms with Crippen LogP contribution in [-0.2, 0) is 4.74 Å². The van der Waals surface area contributed by atoms with Crippen LogP contribution < -0.4 is 11.3 Å². The third-order valence-electron chi connectivity index (χ3n) is 3.03. The predicted octanol–water partition coefficient (Wildman–Crippen LogP) is 1.61. The van der Waals surface area contributed by atoms with Gasteiger partial charge in [0, 0.05) is 7.11 Å². The van der Waals surface area contributed by atoms with Crippen molar-refractivity contribution >= 4 is 5.84 Å². The van der Waals surface area contributed by atoms with Crippen LogP contribution in [0.25, 0.3) is 0 Å². The highest BCUT2D eigenvalue weighted by molar-refractivity contribution is 5.85. The van der Waals surface area contributed by atoms with Crippen molar-refractivity contribution in [2.45, 2.75) is 57.6 Å². The van der Waals surface area contributed by atoms with Gasteiger partial charge in [0.25, 0.3) is 0 Å². The molecule has 4 nitrogen and oxygen atoms in total. The summed E-state index contributed by atoms with van der Waals surface area (Å²) in [6.45, 7) is 1.95. The third-order valence-corrected chi connectivity index (χ3v) is 3.03. The van der Waals surface area contributed by atoms with E-state index in [0.717, 1.165) is 5.84 Å². The van der Waals surface area contributed by atoms with Crippen LogP contribution in [0.2, 0.25) is 0 Å². The first-order chi connectivity index (χ1) is 7.27. The average Bonchev–Trinajstić information content (AvgIpc) is 2.53. The van der Waals surface area contributed by atoms with Crippen LogP contribution in [0.3, 0.4) is 0 Å². The number of nitrogens with one attached hydrogen (secondary N) is 1. The molecule has 88 valence electrons. The molecule has 1 saturated carbocycles. The van der Waals surface area contributed by atoms with Crippen molar-refractivity contribution < 1.29 is 4.74 Å². The molecule has 0 aliphatic heterocycles. The number of amidine groups is 1. The van der Waals surface area contributed by atoms with Crippen LogP contribution in [0.5, 0.6) is 0 Å². The molecule has 0 spiro atoms. The molecular weight excluding hydrogens is 190 g/mol. The van der Waals surface area contributed by atoms with Gasteiger partial charge in [-0.25, -0.2) is 5.84 Å². The standard InChI is InChI=1S/C11H23N3O/c1-9(15-2)11(14-12)13-10-7-5-3-4-6-8-10/h9-10H,3-8,12H2,1-2H3,(H,13,14). The molecule has 1 atom stereocenters. The van der Waals surface area contributed by atoms with Crippen molar-refractivity contribution in [2.24, 2.45) is 10.8 Å². The Balaban J connectivity index is 2.55. The largest absolute Gasteiger partial charge is 0.374 e. The number of ether oxygens (including phenoxy) is 1. The highest BCUT2D eigenvalue weighted by Crippen LogP contribution is 2.20. The quantitative estimate of drug-likeness (QED) is 0.246. The van der Waals surface area contributed by atoms with Gasteiger partial charge in [-0.3, -0.25) is 4.99 Å². The number of hydrazine groups is 1. The van der Waals surface area contributed by atoms with E-state index in [2.05, 4.69) is 10.4 Å². The lowest BCUT2D eigenvalue weighted by Crippen LogP contribution is -2.39. The summed E-state index contributed by atoms with van der Waals surface area (Å²) in [4.78, 5) is 4.64. The zero-order chi connectivity index (χ0) is 11.1. The summed E-state index contributed by atoms with van der Waals surface area (Å²) in [5, 5.41) is 0. The van der Waals surface area contributed by atoms with E-state index in [4.69, 9.17) is 10.6 Å². The number of rotatable bonds is 3. The van der Waals surface area contributed by atoms with Gasteiger partial charge in [0.05, 0.1) is 6.04 Å². The molecule has 1 fully saturated rings. The maximum atomic E-state index is 5.44. The zero-order valence-electron chi connectivity index (χ0n) is 9.83. The number of hydrogen-bond acceptors (Lipinski definition) is 3. The molecule has 0 heterocycles. The monoisotopic (exact) mass is 213 g/mol. The maximum Gasteiger partial charge on any atom is 0.140 e. The topological polar surface area (TPSA) is 59.6 Å². The van der Waals surface area contributed by atoms with Crippen LogP contribution in [-0.4, -0.2) is 25.1 Å². The molecule has 4 heteroatoms. The molecular formula is C11H23N3O. The third kappa shape index (κ3) is 4.18. The van der Waals surface area contributed by atoms with Crippen molar-refractivity contribution in [3.05, 3.63) is 0 Å². The van der Waals surface area contributed by atoms with Gasteiger partial charge < -0.3 is 10.2 Å². The van der Waals surface area contributed by atoms with Crippen LogP contribution in [0.15, 0.2) is 4.99 Å². The average molecular weight is 213 g/mol. The van der Waals surface area contributed by atoms with E-state index in [9.17, 15) is 0 Å². The Morgan fingerprint density at radius 2 is 1.93 bits per heavy atom. The van der Waals surface area contributed by atoms with Crippen LogP contribution >= 0.6 is 0 Å². The molecule has 0 bridgehead atoms. The number of nitrogens with zero attached hydrogens (tertiary/aromatic N) is 1. The Bertz CT molecular complexity index is 198. The molecule has 0 radical (unpaired) electrons. The second kappa shape index (κ2) is 6.80. The lowest BCUT2D eigenvalue weighted by atomic mass is 10.1. The van der Waals surface area contributed by atoms with E-state index in [-0.39, 0.29) is 6.10 Å². The first-order valence-electron chi connectivity index (χ1n) is 5.85. The normalized spacial score (nSPS) is 22.2. The number of nitrogens with two attached hydrogens (primary N) is 1. The summed E-state index contributed by atoms with van der Waals surface area (Å²) in [6, 6.07) is 0.427. The lowest BCUT2D eigenvalue weighted by molar-refractivity contribution is 0.167. The number of hydrogen-bond donors (Lipinski definition) is 2. The smallest absolute Gasteiger partial charge is 0.140 e. The minimum atomic E-state index is -0.0433. The minimum absolute atomic E-state index is 0.0433. The maximum absolute atomic E-state index is 5.44. The molecule has 3 N–H and O–H groups in total. The second-order valence-corrected chi connectivity index (χ2v) is 4.18. The molecule has 1 aliphatic rings. The molecule has 1 rings (SSSR count). The fraction of sp³-hybridized carbons (Fsp3) is 0.909. The van der Waals surface area contributed by atoms with Gasteiger partial charge in [-0.1, -0.05) is 25.7 Å². The first-order valence-corrected chi connectivity index (χ1v) is 5.85. The molecule has 1 unspecified atom stereocenters. The van der Waals surface area contributed by atoms with Gasteiger partial charge in [0.15, 0.2) is 0 Å². The summed E-state index contributed by atoms with van der Waals surface area (Å²) in [6.07, 6.45) is 7.58. The highest BCUT2D eigenvalue weighted by atomic mass is 16.5. The van der Waals surface area contributed by atoms with Crippen molar-refractivity contribution in [2.75, 3.05) is 7.11 Å². The Labute approximate surface area is 92.3 Å². The summed E-state index contributed by atoms with van der Waals surface area (Å²) in [5.74, 6) is 6.21. The van der Waals surface area contributed by atoms with Gasteiger partial charge >= 0.3 is 0 Å². The summed E-state index contributed by atoms with van der Waals surface area (Å²) < 4.78 is 5.20. The SMILES string of the molecule is COC(C)C(=NC1CCCCCC1)NN. The fourth-order valence-electron chi connectivity index (χ4n) is 1.95. The Kier molecular flexibility index (Phi) is 5.65. The van der Waals surface area contributed by atoms with Gasteiger partial charge in [0.1, 0.15) is 11.9 Å². The van der Waals surface area contributed by atoms with E-state index < -0.39 is 0 Å². The molecule has 0 aromatic rings. The van der Waals surface area contributed by atoms with E-state index in [1.165, 1.54) is 38.5 Å². The fourth-order valence-corrected chi connectivity index (χ4v) is 1.95. The van der Waals surface area contributed by atoms with Crippen molar-refractivity contribution in [1.29, 1.82) is 0 Å². The Morgan fingerprint density at radius 3 is 2.40 bits per heavy atom. The van der Waals surface area contributed by atoms with E-state index >= 15 is 0 Å². The van der Waals surface area contributed by atoms with Crippen molar-refractivity contribution in [1.82, 2.24) is 5.43 Å².